The van der Waals surface area contributed by atoms with Gasteiger partial charge in [-0.3, -0.25) is 0 Å². The number of carbonyl (C=O) groups excluding carboxylic acids is 1. The Labute approximate surface area is 51.7 Å². The molecule has 1 heterocycles. The van der Waals surface area contributed by atoms with Gasteiger partial charge in [-0.1, -0.05) is 0 Å². The van der Waals surface area contributed by atoms with E-state index in [1.807, 2.05) is 0 Å². The van der Waals surface area contributed by atoms with Gasteiger partial charge in [-0.2, -0.15) is 0 Å². The molecule has 0 aromatic carbocycles. The van der Waals surface area contributed by atoms with Crippen LogP contribution >= 0.6 is 0 Å². The van der Waals surface area contributed by atoms with E-state index in [4.69, 9.17) is 5.11 Å². The minimum atomic E-state index is -0.716. The molecule has 1 rings (SSSR count). The van der Waals surface area contributed by atoms with Gasteiger partial charge in [-0.15, -0.1) is 0 Å². The molecule has 0 unspecified atom stereocenters. The highest BCUT2D eigenvalue weighted by molar-refractivity contribution is 5.88. The molecule has 0 atom stereocenters. The number of rotatable bonds is 1. The molecule has 4 nitrogen and oxygen atoms in total. The summed E-state index contributed by atoms with van der Waals surface area (Å²) in [6, 6.07) is 0. The van der Waals surface area contributed by atoms with Crippen LogP contribution in [0.3, 0.4) is 0 Å². The number of aliphatic hydroxyl groups excluding tert-OH is 1. The van der Waals surface area contributed by atoms with Gasteiger partial charge in [0.25, 0.3) is 0 Å². The van der Waals surface area contributed by atoms with Crippen molar-refractivity contribution in [3.8, 4) is 0 Å². The van der Waals surface area contributed by atoms with Crippen LogP contribution in [0.2, 0.25) is 0 Å². The van der Waals surface area contributed by atoms with Gasteiger partial charge in [0.05, 0.1) is 7.11 Å². The first-order valence-corrected chi connectivity index (χ1v) is 2.39. The van der Waals surface area contributed by atoms with E-state index in [0.29, 0.717) is 0 Å². The Hall–Kier alpha value is -1.19. The van der Waals surface area contributed by atoms with Crippen molar-refractivity contribution in [2.24, 2.45) is 0 Å². The third-order valence-electron chi connectivity index (χ3n) is 1.04. The third kappa shape index (κ3) is 0.826. The maximum absolute atomic E-state index is 10.3. The molecule has 0 saturated carbocycles. The summed E-state index contributed by atoms with van der Waals surface area (Å²) in [5, 5.41) is 8.74. The normalized spacial score (nSPS) is 18.1. The van der Waals surface area contributed by atoms with Crippen LogP contribution in [0.25, 0.3) is 0 Å². The Bertz CT molecular complexity index is 170. The lowest BCUT2D eigenvalue weighted by Crippen LogP contribution is -1.97. The van der Waals surface area contributed by atoms with Crippen LogP contribution in [0.5, 0.6) is 0 Å². The molecule has 9 heavy (non-hydrogen) atoms. The second kappa shape index (κ2) is 1.97. The molecule has 0 amide bonds. The van der Waals surface area contributed by atoms with Gasteiger partial charge in [-0.25, -0.2) is 4.79 Å². The van der Waals surface area contributed by atoms with Gasteiger partial charge >= 0.3 is 5.97 Å². The van der Waals surface area contributed by atoms with Crippen molar-refractivity contribution in [2.75, 3.05) is 13.7 Å². The van der Waals surface area contributed by atoms with Crippen LogP contribution < -0.4 is 0 Å². The number of hydrogen-bond acceptors (Lipinski definition) is 4. The summed E-state index contributed by atoms with van der Waals surface area (Å²) in [5.74, 6) is -0.940. The number of methoxy groups -OCH3 is 1. The van der Waals surface area contributed by atoms with Gasteiger partial charge in [0.15, 0.2) is 12.4 Å². The van der Waals surface area contributed by atoms with E-state index >= 15 is 0 Å². The summed E-state index contributed by atoms with van der Waals surface area (Å²) in [6.45, 7) is 0.0428. The van der Waals surface area contributed by atoms with Crippen LogP contribution in [-0.2, 0) is 14.3 Å². The van der Waals surface area contributed by atoms with Crippen LogP contribution in [0.1, 0.15) is 0 Å². The second-order valence-electron chi connectivity index (χ2n) is 1.55. The Kier molecular flexibility index (Phi) is 1.30. The van der Waals surface area contributed by atoms with Gasteiger partial charge in [0.2, 0.25) is 5.76 Å². The molecule has 1 aliphatic heterocycles. The minimum absolute atomic E-state index is 0.0428. The highest BCUT2D eigenvalue weighted by atomic mass is 16.6. The second-order valence-corrected chi connectivity index (χ2v) is 1.55. The third-order valence-corrected chi connectivity index (χ3v) is 1.04. The number of cyclic esters (lactones) is 1. The van der Waals surface area contributed by atoms with Gasteiger partial charge < -0.3 is 14.6 Å². The fourth-order valence-corrected chi connectivity index (χ4v) is 0.537. The van der Waals surface area contributed by atoms with E-state index in [1.54, 1.807) is 0 Å². The Morgan fingerprint density at radius 1 is 1.78 bits per heavy atom. The summed E-state index contributed by atoms with van der Waals surface area (Å²) in [5.41, 5.74) is 0. The molecular formula is C5H6O4. The summed E-state index contributed by atoms with van der Waals surface area (Å²) in [4.78, 5) is 10.3. The number of carbonyl (C=O) groups is 1. The highest BCUT2D eigenvalue weighted by Crippen LogP contribution is 2.12. The van der Waals surface area contributed by atoms with Crippen LogP contribution in [0, 0.1) is 0 Å². The Morgan fingerprint density at radius 2 is 2.44 bits per heavy atom. The van der Waals surface area contributed by atoms with Crippen molar-refractivity contribution in [3.05, 3.63) is 11.5 Å². The summed E-state index contributed by atoms with van der Waals surface area (Å²) in [6.07, 6.45) is 0. The lowest BCUT2D eigenvalue weighted by molar-refractivity contribution is -0.138. The van der Waals surface area contributed by atoms with Crippen LogP contribution in [0.4, 0.5) is 0 Å². The first kappa shape index (κ1) is 5.94. The van der Waals surface area contributed by atoms with E-state index in [-0.39, 0.29) is 12.4 Å². The van der Waals surface area contributed by atoms with Gasteiger partial charge in [0, 0.05) is 0 Å². The molecule has 0 aromatic heterocycles. The molecule has 0 spiro atoms. The van der Waals surface area contributed by atoms with Crippen molar-refractivity contribution in [1.29, 1.82) is 0 Å². The van der Waals surface area contributed by atoms with E-state index in [0.717, 1.165) is 0 Å². The predicted octanol–water partition coefficient (Wildman–Crippen LogP) is -0.0408. The maximum atomic E-state index is 10.3. The van der Waals surface area contributed by atoms with Crippen LogP contribution in [0.15, 0.2) is 11.5 Å². The maximum Gasteiger partial charge on any atom is 0.377 e. The number of hydrogen-bond donors (Lipinski definition) is 1. The van der Waals surface area contributed by atoms with Gasteiger partial charge in [-0.05, 0) is 0 Å². The van der Waals surface area contributed by atoms with E-state index in [2.05, 4.69) is 9.47 Å². The molecular weight excluding hydrogens is 124 g/mol. The number of aliphatic hydroxyl groups is 1. The summed E-state index contributed by atoms with van der Waals surface area (Å²) >= 11 is 0. The summed E-state index contributed by atoms with van der Waals surface area (Å²) < 4.78 is 8.96. The molecule has 1 aliphatic rings. The standard InChI is InChI=1S/C5H6O4/c1-8-3-2-9-5(7)4(3)6/h6H,2H2,1H3. The lowest BCUT2D eigenvalue weighted by atomic mass is 10.5. The zero-order valence-electron chi connectivity index (χ0n) is 4.88. The smallest absolute Gasteiger partial charge is 0.377 e. The first-order valence-electron chi connectivity index (χ1n) is 2.39. The molecule has 0 radical (unpaired) electrons. The average molecular weight is 130 g/mol. The SMILES string of the molecule is COC1=C(O)C(=O)OC1. The molecule has 0 bridgehead atoms. The predicted molar refractivity (Wildman–Crippen MR) is 27.6 cm³/mol. The van der Waals surface area contributed by atoms with Crippen molar-refractivity contribution in [2.45, 2.75) is 0 Å². The number of esters is 1. The topological polar surface area (TPSA) is 55.8 Å². The van der Waals surface area contributed by atoms with Crippen molar-refractivity contribution >= 4 is 5.97 Å². The molecule has 0 aromatic rings. The molecule has 0 fully saturated rings. The van der Waals surface area contributed by atoms with Crippen molar-refractivity contribution in [1.82, 2.24) is 0 Å². The number of ether oxygens (including phenoxy) is 2. The Balaban J connectivity index is 2.79. The average Bonchev–Trinajstić information content (AvgIpc) is 2.15. The minimum Gasteiger partial charge on any atom is -0.499 e. The Morgan fingerprint density at radius 3 is 2.67 bits per heavy atom. The summed E-state index contributed by atoms with van der Waals surface area (Å²) in [7, 11) is 1.37. The fraction of sp³-hybridized carbons (Fsp3) is 0.400. The fourth-order valence-electron chi connectivity index (χ4n) is 0.537. The molecule has 0 aliphatic carbocycles. The van der Waals surface area contributed by atoms with E-state index < -0.39 is 11.7 Å². The zero-order valence-corrected chi connectivity index (χ0v) is 4.88. The van der Waals surface area contributed by atoms with Crippen LogP contribution in [-0.4, -0.2) is 24.8 Å². The molecule has 0 saturated heterocycles. The molecule has 4 heteroatoms. The van der Waals surface area contributed by atoms with E-state index in [1.165, 1.54) is 7.11 Å². The first-order chi connectivity index (χ1) is 4.25. The van der Waals surface area contributed by atoms with Crippen molar-refractivity contribution < 1.29 is 19.4 Å². The molecule has 1 N–H and O–H groups in total. The molecule has 50 valence electrons. The highest BCUT2D eigenvalue weighted by Gasteiger charge is 2.24. The lowest BCUT2D eigenvalue weighted by Gasteiger charge is -1.93. The monoisotopic (exact) mass is 130 g/mol. The van der Waals surface area contributed by atoms with Crippen molar-refractivity contribution in [3.63, 3.8) is 0 Å². The quantitative estimate of drug-likeness (QED) is 0.506. The largest absolute Gasteiger partial charge is 0.499 e. The van der Waals surface area contributed by atoms with Gasteiger partial charge in [0.1, 0.15) is 0 Å². The van der Waals surface area contributed by atoms with E-state index in [9.17, 15) is 4.79 Å². The zero-order chi connectivity index (χ0) is 6.85.